The van der Waals surface area contributed by atoms with Gasteiger partial charge in [-0.2, -0.15) is 0 Å². The Morgan fingerprint density at radius 2 is 1.96 bits per heavy atom. The van der Waals surface area contributed by atoms with Crippen LogP contribution in [0.1, 0.15) is 11.8 Å². The van der Waals surface area contributed by atoms with Gasteiger partial charge in [0.15, 0.2) is 0 Å². The van der Waals surface area contributed by atoms with E-state index >= 15 is 0 Å². The molecule has 1 N–H and O–H groups in total. The fourth-order valence-corrected chi connectivity index (χ4v) is 3.85. The number of hydrogen-bond acceptors (Lipinski definition) is 4. The van der Waals surface area contributed by atoms with Crippen molar-refractivity contribution in [1.82, 2.24) is 15.1 Å². The van der Waals surface area contributed by atoms with Crippen molar-refractivity contribution < 1.29 is 9.18 Å². The van der Waals surface area contributed by atoms with Gasteiger partial charge in [-0.1, -0.05) is 6.92 Å². The zero-order chi connectivity index (χ0) is 16.2. The molecule has 0 radical (unpaired) electrons. The zero-order valence-corrected chi connectivity index (χ0v) is 14.2. The average molecular weight is 335 g/mol. The minimum absolute atomic E-state index is 0.0542. The van der Waals surface area contributed by atoms with Crippen LogP contribution in [-0.4, -0.2) is 55.0 Å². The number of carbonyl (C=O) groups is 1. The topological polar surface area (TPSA) is 35.6 Å². The minimum atomic E-state index is -0.225. The molecular weight excluding hydrogens is 313 g/mol. The molecule has 0 atom stereocenters. The highest BCUT2D eigenvalue weighted by Gasteiger charge is 2.17. The van der Waals surface area contributed by atoms with Crippen LogP contribution in [0, 0.1) is 5.82 Å². The molecule has 2 heterocycles. The number of amides is 1. The van der Waals surface area contributed by atoms with Gasteiger partial charge in [-0.05, 0) is 36.2 Å². The van der Waals surface area contributed by atoms with Crippen molar-refractivity contribution in [3.8, 4) is 0 Å². The van der Waals surface area contributed by atoms with Crippen LogP contribution >= 0.6 is 11.3 Å². The Kier molecular flexibility index (Phi) is 5.25. The largest absolute Gasteiger partial charge is 0.350 e. The van der Waals surface area contributed by atoms with E-state index in [1.54, 1.807) is 17.4 Å². The number of piperazine rings is 1. The quantitative estimate of drug-likeness (QED) is 0.911. The molecule has 0 spiro atoms. The lowest BCUT2D eigenvalue weighted by molar-refractivity contribution is -0.122. The van der Waals surface area contributed by atoms with E-state index in [9.17, 15) is 9.18 Å². The molecular formula is C17H22FN3OS. The molecule has 6 heteroatoms. The number of fused-ring (bicyclic) bond motifs is 1. The minimum Gasteiger partial charge on any atom is -0.350 e. The van der Waals surface area contributed by atoms with Gasteiger partial charge in [-0.15, -0.1) is 11.3 Å². The molecule has 3 rings (SSSR count). The standard InChI is InChI=1S/C17H22FN3OS/c1-2-20-5-7-21(8-6-20)12-17(22)19-11-15-10-13-9-14(18)3-4-16(13)23-15/h3-4,9-10H,2,5-8,11-12H2,1H3,(H,19,22). The highest BCUT2D eigenvalue weighted by Crippen LogP contribution is 2.26. The van der Waals surface area contributed by atoms with Gasteiger partial charge in [-0.25, -0.2) is 4.39 Å². The van der Waals surface area contributed by atoms with Crippen molar-refractivity contribution in [2.24, 2.45) is 0 Å². The highest BCUT2D eigenvalue weighted by molar-refractivity contribution is 7.19. The van der Waals surface area contributed by atoms with Crippen molar-refractivity contribution >= 4 is 27.3 Å². The summed E-state index contributed by atoms with van der Waals surface area (Å²) >= 11 is 1.60. The molecule has 2 aromatic rings. The van der Waals surface area contributed by atoms with Crippen LogP contribution in [0.3, 0.4) is 0 Å². The first-order valence-electron chi connectivity index (χ1n) is 8.03. The molecule has 1 fully saturated rings. The average Bonchev–Trinajstić information content (AvgIpc) is 2.95. The van der Waals surface area contributed by atoms with E-state index in [4.69, 9.17) is 0 Å². The van der Waals surface area contributed by atoms with Gasteiger partial charge in [0.25, 0.3) is 0 Å². The molecule has 0 saturated carbocycles. The Morgan fingerprint density at radius 3 is 2.70 bits per heavy atom. The van der Waals surface area contributed by atoms with Crippen LogP contribution < -0.4 is 5.32 Å². The molecule has 1 aromatic carbocycles. The van der Waals surface area contributed by atoms with E-state index in [1.807, 2.05) is 6.07 Å². The van der Waals surface area contributed by atoms with Gasteiger partial charge in [-0.3, -0.25) is 9.69 Å². The SMILES string of the molecule is CCN1CCN(CC(=O)NCc2cc3cc(F)ccc3s2)CC1. The number of thiophene rings is 1. The Labute approximate surface area is 139 Å². The van der Waals surface area contributed by atoms with Crippen LogP contribution in [0.5, 0.6) is 0 Å². The molecule has 124 valence electrons. The van der Waals surface area contributed by atoms with Crippen molar-refractivity contribution in [3.63, 3.8) is 0 Å². The van der Waals surface area contributed by atoms with E-state index in [0.717, 1.165) is 47.7 Å². The summed E-state index contributed by atoms with van der Waals surface area (Å²) in [6.07, 6.45) is 0. The van der Waals surface area contributed by atoms with Crippen LogP contribution in [-0.2, 0) is 11.3 Å². The normalized spacial score (nSPS) is 16.8. The van der Waals surface area contributed by atoms with Crippen molar-refractivity contribution in [2.45, 2.75) is 13.5 Å². The Balaban J connectivity index is 1.48. The van der Waals surface area contributed by atoms with Crippen LogP contribution in [0.4, 0.5) is 4.39 Å². The number of benzene rings is 1. The summed E-state index contributed by atoms with van der Waals surface area (Å²) in [5.74, 6) is -0.171. The molecule has 1 aliphatic heterocycles. The maximum absolute atomic E-state index is 13.2. The lowest BCUT2D eigenvalue weighted by Gasteiger charge is -2.33. The number of nitrogens with zero attached hydrogens (tertiary/aromatic N) is 2. The Hall–Kier alpha value is -1.50. The van der Waals surface area contributed by atoms with E-state index in [2.05, 4.69) is 22.0 Å². The van der Waals surface area contributed by atoms with Gasteiger partial charge in [0, 0.05) is 35.8 Å². The molecule has 23 heavy (non-hydrogen) atoms. The van der Waals surface area contributed by atoms with Crippen LogP contribution in [0.15, 0.2) is 24.3 Å². The van der Waals surface area contributed by atoms with E-state index in [1.165, 1.54) is 12.1 Å². The second kappa shape index (κ2) is 7.38. The highest BCUT2D eigenvalue weighted by atomic mass is 32.1. The molecule has 0 aliphatic carbocycles. The summed E-state index contributed by atoms with van der Waals surface area (Å²) in [6.45, 7) is 8.17. The molecule has 0 unspecified atom stereocenters. The van der Waals surface area contributed by atoms with Gasteiger partial charge < -0.3 is 10.2 Å². The summed E-state index contributed by atoms with van der Waals surface area (Å²) < 4.78 is 14.2. The summed E-state index contributed by atoms with van der Waals surface area (Å²) in [5, 5.41) is 3.87. The number of likely N-dealkylation sites (N-methyl/N-ethyl adjacent to an activating group) is 1. The lowest BCUT2D eigenvalue weighted by Crippen LogP contribution is -2.49. The molecule has 1 saturated heterocycles. The first-order valence-corrected chi connectivity index (χ1v) is 8.85. The van der Waals surface area contributed by atoms with Crippen LogP contribution in [0.2, 0.25) is 0 Å². The van der Waals surface area contributed by atoms with Crippen LogP contribution in [0.25, 0.3) is 10.1 Å². The van der Waals surface area contributed by atoms with Gasteiger partial charge in [0.05, 0.1) is 13.1 Å². The second-order valence-electron chi connectivity index (χ2n) is 5.88. The molecule has 0 bridgehead atoms. The number of carbonyl (C=O) groups excluding carboxylic acids is 1. The molecule has 1 aromatic heterocycles. The molecule has 4 nitrogen and oxygen atoms in total. The van der Waals surface area contributed by atoms with Crippen molar-refractivity contribution in [1.29, 1.82) is 0 Å². The molecule has 1 aliphatic rings. The number of rotatable bonds is 5. The van der Waals surface area contributed by atoms with Crippen molar-refractivity contribution in [3.05, 3.63) is 35.0 Å². The third-order valence-corrected chi connectivity index (χ3v) is 5.38. The third kappa shape index (κ3) is 4.28. The fraction of sp³-hybridized carbons (Fsp3) is 0.471. The summed E-state index contributed by atoms with van der Waals surface area (Å²) in [6, 6.07) is 6.73. The first-order chi connectivity index (χ1) is 11.1. The summed E-state index contributed by atoms with van der Waals surface area (Å²) in [4.78, 5) is 17.7. The van der Waals surface area contributed by atoms with E-state index in [0.29, 0.717) is 13.1 Å². The smallest absolute Gasteiger partial charge is 0.234 e. The maximum Gasteiger partial charge on any atom is 0.234 e. The Bertz CT molecular complexity index is 680. The number of halogens is 1. The van der Waals surface area contributed by atoms with Crippen molar-refractivity contribution in [2.75, 3.05) is 39.3 Å². The fourth-order valence-electron chi connectivity index (χ4n) is 2.86. The summed E-state index contributed by atoms with van der Waals surface area (Å²) in [5.41, 5.74) is 0. The first kappa shape index (κ1) is 16.4. The Morgan fingerprint density at radius 1 is 1.22 bits per heavy atom. The van der Waals surface area contributed by atoms with E-state index in [-0.39, 0.29) is 11.7 Å². The van der Waals surface area contributed by atoms with Gasteiger partial charge in [0.1, 0.15) is 5.82 Å². The second-order valence-corrected chi connectivity index (χ2v) is 7.05. The van der Waals surface area contributed by atoms with Gasteiger partial charge >= 0.3 is 0 Å². The third-order valence-electron chi connectivity index (χ3n) is 4.27. The predicted octanol–water partition coefficient (Wildman–Crippen LogP) is 2.29. The van der Waals surface area contributed by atoms with Gasteiger partial charge in [0.2, 0.25) is 5.91 Å². The number of nitrogens with one attached hydrogen (secondary N) is 1. The monoisotopic (exact) mass is 335 g/mol. The summed E-state index contributed by atoms with van der Waals surface area (Å²) in [7, 11) is 0. The zero-order valence-electron chi connectivity index (χ0n) is 13.3. The maximum atomic E-state index is 13.2. The van der Waals surface area contributed by atoms with E-state index < -0.39 is 0 Å². The predicted molar refractivity (Wildman–Crippen MR) is 92.2 cm³/mol. The number of hydrogen-bond donors (Lipinski definition) is 1. The lowest BCUT2D eigenvalue weighted by atomic mass is 10.2. The molecule has 1 amide bonds.